The summed E-state index contributed by atoms with van der Waals surface area (Å²) in [6.45, 7) is 2.94. The maximum atomic E-state index is 11.3. The molecule has 0 bridgehead atoms. The first-order valence-corrected chi connectivity index (χ1v) is 9.19. The number of amides is 4. The first-order chi connectivity index (χ1) is 12.5. The Bertz CT molecular complexity index is 678. The van der Waals surface area contributed by atoms with Gasteiger partial charge in [0.2, 0.25) is 17.7 Å². The van der Waals surface area contributed by atoms with Crippen molar-refractivity contribution in [3.05, 3.63) is 21.4 Å². The molecule has 0 atom stereocenters. The molecule has 3 rings (SSSR count). The van der Waals surface area contributed by atoms with E-state index < -0.39 is 0 Å². The van der Waals surface area contributed by atoms with Gasteiger partial charge in [-0.15, -0.1) is 24.2 Å². The van der Waals surface area contributed by atoms with Crippen LogP contribution >= 0.6 is 11.3 Å². The van der Waals surface area contributed by atoms with Crippen molar-refractivity contribution in [1.82, 2.24) is 16.0 Å². The van der Waals surface area contributed by atoms with Gasteiger partial charge in [-0.25, -0.2) is 0 Å². The molecule has 1 fully saturated rings. The molecule has 0 radical (unpaired) electrons. The van der Waals surface area contributed by atoms with Crippen LogP contribution in [0.25, 0.3) is 0 Å². The molecule has 26 heavy (non-hydrogen) atoms. The second kappa shape index (κ2) is 11.1. The Labute approximate surface area is 156 Å². The van der Waals surface area contributed by atoms with E-state index in [-0.39, 0.29) is 23.6 Å². The minimum atomic E-state index is -0.127. The fourth-order valence-electron chi connectivity index (χ4n) is 2.37. The second-order valence-corrected chi connectivity index (χ2v) is 6.51. The van der Waals surface area contributed by atoms with Gasteiger partial charge in [0.15, 0.2) is 0 Å². The third kappa shape index (κ3) is 6.33. The molecule has 7 nitrogen and oxygen atoms in total. The number of imide groups is 1. The Hall–Kier alpha value is -2.66. The maximum absolute atomic E-state index is 11.3. The highest BCUT2D eigenvalue weighted by molar-refractivity contribution is 7.10. The number of thiophene rings is 1. The highest BCUT2D eigenvalue weighted by Gasteiger charge is 2.23. The average Bonchev–Trinajstić information content (AvgIpc) is 3.16. The van der Waals surface area contributed by atoms with Gasteiger partial charge in [-0.1, -0.05) is 6.92 Å². The quantitative estimate of drug-likeness (QED) is 0.548. The van der Waals surface area contributed by atoms with E-state index in [1.54, 1.807) is 0 Å². The molecule has 2 aliphatic heterocycles. The van der Waals surface area contributed by atoms with Crippen molar-refractivity contribution in [3.8, 4) is 12.8 Å². The van der Waals surface area contributed by atoms with E-state index in [2.05, 4.69) is 28.8 Å². The van der Waals surface area contributed by atoms with Gasteiger partial charge >= 0.3 is 0 Å². The van der Waals surface area contributed by atoms with E-state index in [0.29, 0.717) is 32.4 Å². The summed E-state index contributed by atoms with van der Waals surface area (Å²) in [6, 6.07) is 0. The summed E-state index contributed by atoms with van der Waals surface area (Å²) in [5.41, 5.74) is 1.81. The Morgan fingerprint density at radius 1 is 1.19 bits per heavy atom. The lowest BCUT2D eigenvalue weighted by Crippen LogP contribution is -2.27. The molecule has 0 unspecified atom stereocenters. The van der Waals surface area contributed by atoms with Crippen molar-refractivity contribution in [2.24, 2.45) is 0 Å². The molecule has 1 aromatic heterocycles. The molecule has 2 aliphatic rings. The zero-order valence-corrected chi connectivity index (χ0v) is 15.5. The molecule has 3 N–H and O–H groups in total. The van der Waals surface area contributed by atoms with Crippen molar-refractivity contribution in [2.75, 3.05) is 0 Å². The Kier molecular flexibility index (Phi) is 9.09. The largest absolute Gasteiger partial charge is 0.351 e. The molecule has 3 heterocycles. The topological polar surface area (TPSA) is 104 Å². The lowest BCUT2D eigenvalue weighted by molar-refractivity contribution is -0.129. The first-order valence-electron chi connectivity index (χ1n) is 8.31. The van der Waals surface area contributed by atoms with Crippen LogP contribution in [0.2, 0.25) is 0 Å². The Morgan fingerprint density at radius 3 is 2.38 bits per heavy atom. The van der Waals surface area contributed by atoms with Gasteiger partial charge in [-0.05, 0) is 18.4 Å². The number of hydrogen-bond acceptors (Lipinski definition) is 5. The van der Waals surface area contributed by atoms with E-state index >= 15 is 0 Å². The minimum Gasteiger partial charge on any atom is -0.351 e. The van der Waals surface area contributed by atoms with Gasteiger partial charge in [0, 0.05) is 36.1 Å². The predicted molar refractivity (Wildman–Crippen MR) is 99.1 cm³/mol. The lowest BCUT2D eigenvalue weighted by Gasteiger charge is -2.02. The fourth-order valence-corrected chi connectivity index (χ4v) is 3.36. The van der Waals surface area contributed by atoms with Crippen LogP contribution in [0.3, 0.4) is 0 Å². The molecular weight excluding hydrogens is 354 g/mol. The van der Waals surface area contributed by atoms with Crippen LogP contribution in [-0.2, 0) is 27.5 Å². The van der Waals surface area contributed by atoms with Crippen molar-refractivity contribution >= 4 is 35.0 Å². The van der Waals surface area contributed by atoms with Crippen LogP contribution in [0.4, 0.5) is 0 Å². The predicted octanol–water partition coefficient (Wildman–Crippen LogP) is 1.47. The number of terminal acetylenes is 1. The van der Waals surface area contributed by atoms with Gasteiger partial charge in [0.25, 0.3) is 5.91 Å². The normalized spacial score (nSPS) is 15.1. The second-order valence-electron chi connectivity index (χ2n) is 5.54. The summed E-state index contributed by atoms with van der Waals surface area (Å²) < 4.78 is 0. The molecule has 8 heteroatoms. The van der Waals surface area contributed by atoms with E-state index in [4.69, 9.17) is 0 Å². The number of rotatable bonds is 3. The Balaban J connectivity index is 0.000000263. The molecule has 1 aromatic rings. The van der Waals surface area contributed by atoms with Crippen LogP contribution in [-0.4, -0.2) is 23.6 Å². The van der Waals surface area contributed by atoms with Crippen LogP contribution in [0.5, 0.6) is 0 Å². The lowest BCUT2D eigenvalue weighted by atomic mass is 10.2. The Morgan fingerprint density at radius 2 is 1.81 bits per heavy atom. The summed E-state index contributed by atoms with van der Waals surface area (Å²) in [5, 5.41) is 9.69. The molecule has 140 valence electrons. The van der Waals surface area contributed by atoms with Gasteiger partial charge < -0.3 is 10.6 Å². The highest BCUT2D eigenvalue weighted by Crippen LogP contribution is 2.26. The van der Waals surface area contributed by atoms with Crippen molar-refractivity contribution in [3.63, 3.8) is 0 Å². The van der Waals surface area contributed by atoms with Crippen LogP contribution in [0.15, 0.2) is 5.38 Å². The number of nitrogens with one attached hydrogen (secondary N) is 3. The van der Waals surface area contributed by atoms with E-state index in [0.717, 1.165) is 28.8 Å². The van der Waals surface area contributed by atoms with Crippen LogP contribution in [0, 0.1) is 12.8 Å². The number of fused-ring (bicyclic) bond motifs is 1. The molecular formula is C18H23N3O4S. The number of hydrogen-bond donors (Lipinski definition) is 3. The van der Waals surface area contributed by atoms with Gasteiger partial charge in [0.1, 0.15) is 0 Å². The first kappa shape index (κ1) is 21.4. The summed E-state index contributed by atoms with van der Waals surface area (Å²) in [7, 11) is 0. The maximum Gasteiger partial charge on any atom is 0.252 e. The molecule has 0 aliphatic carbocycles. The third-order valence-corrected chi connectivity index (χ3v) is 4.78. The average molecular weight is 377 g/mol. The van der Waals surface area contributed by atoms with Crippen molar-refractivity contribution < 1.29 is 19.2 Å². The zero-order chi connectivity index (χ0) is 19.5. The van der Waals surface area contributed by atoms with E-state index in [1.807, 2.05) is 12.3 Å². The molecule has 0 spiro atoms. The number of carbonyl (C=O) groups is 4. The summed E-state index contributed by atoms with van der Waals surface area (Å²) in [4.78, 5) is 44.6. The standard InChI is InChI=1S/C10H12N2O2S.C6H9NO2.C2H2/c1-2-9(13)11-4-8-6-3-12-10(14)7(6)5-15-8;8-5-3-1-2-4-6(9)7-5;1-2/h5H,2-4H2,1H3,(H,11,13)(H,12,14);1-4H2,(H,7,8,9);1-2H. The van der Waals surface area contributed by atoms with Crippen molar-refractivity contribution in [2.45, 2.75) is 52.1 Å². The van der Waals surface area contributed by atoms with Gasteiger partial charge in [-0.3, -0.25) is 24.5 Å². The highest BCUT2D eigenvalue weighted by atomic mass is 32.1. The minimum absolute atomic E-state index is 0.00526. The van der Waals surface area contributed by atoms with Crippen LogP contribution < -0.4 is 16.0 Å². The third-order valence-electron chi connectivity index (χ3n) is 3.75. The fraction of sp³-hybridized carbons (Fsp3) is 0.444. The SMILES string of the molecule is C#C.CCC(=O)NCc1scc2c1CNC2=O.O=C1CCCCC(=O)N1. The monoisotopic (exact) mass is 377 g/mol. The van der Waals surface area contributed by atoms with Gasteiger partial charge in [-0.2, -0.15) is 0 Å². The molecule has 0 saturated carbocycles. The molecule has 0 aromatic carbocycles. The van der Waals surface area contributed by atoms with Crippen LogP contribution in [0.1, 0.15) is 59.8 Å². The zero-order valence-electron chi connectivity index (χ0n) is 14.7. The number of carbonyl (C=O) groups excluding carboxylic acids is 4. The van der Waals surface area contributed by atoms with Crippen molar-refractivity contribution in [1.29, 1.82) is 0 Å². The van der Waals surface area contributed by atoms with E-state index in [9.17, 15) is 19.2 Å². The smallest absolute Gasteiger partial charge is 0.252 e. The summed E-state index contributed by atoms with van der Waals surface area (Å²) in [6.07, 6.45) is 11.2. The molecule has 4 amide bonds. The summed E-state index contributed by atoms with van der Waals surface area (Å²) in [5.74, 6) is -0.223. The summed E-state index contributed by atoms with van der Waals surface area (Å²) >= 11 is 1.53. The molecule has 1 saturated heterocycles. The van der Waals surface area contributed by atoms with Gasteiger partial charge in [0.05, 0.1) is 12.1 Å². The van der Waals surface area contributed by atoms with E-state index in [1.165, 1.54) is 11.3 Å².